The third kappa shape index (κ3) is 2.56. The van der Waals surface area contributed by atoms with Gasteiger partial charge in [0.1, 0.15) is 0 Å². The van der Waals surface area contributed by atoms with Gasteiger partial charge in [0, 0.05) is 12.3 Å². The first-order valence-electron chi connectivity index (χ1n) is 4.91. The highest BCUT2D eigenvalue weighted by Crippen LogP contribution is 2.18. The number of hydrogen-bond acceptors (Lipinski definition) is 2. The lowest BCUT2D eigenvalue weighted by Gasteiger charge is -1.99. The molecule has 0 aromatic heterocycles. The zero-order valence-corrected chi connectivity index (χ0v) is 8.68. The van der Waals surface area contributed by atoms with Gasteiger partial charge in [-0.3, -0.25) is 0 Å². The van der Waals surface area contributed by atoms with E-state index in [0.717, 1.165) is 6.42 Å². The minimum atomic E-state index is 0.628. The molecule has 2 bridgehead atoms. The number of methoxy groups -OCH3 is 1. The molecule has 2 heteroatoms. The van der Waals surface area contributed by atoms with Crippen molar-refractivity contribution in [1.82, 2.24) is 0 Å². The number of allylic oxidation sites excluding steroid dienone is 9. The second-order valence-corrected chi connectivity index (χ2v) is 3.37. The summed E-state index contributed by atoms with van der Waals surface area (Å²) in [6.45, 7) is 0. The molecule has 0 atom stereocenters. The fourth-order valence-corrected chi connectivity index (χ4v) is 1.49. The molecule has 0 N–H and O–H groups in total. The highest BCUT2D eigenvalue weighted by molar-refractivity contribution is 5.74. The maximum absolute atomic E-state index is 5.11. The molecule has 1 heterocycles. The van der Waals surface area contributed by atoms with Crippen LogP contribution in [0.15, 0.2) is 64.6 Å². The van der Waals surface area contributed by atoms with Crippen molar-refractivity contribution < 1.29 is 4.74 Å². The molecule has 76 valence electrons. The summed E-state index contributed by atoms with van der Waals surface area (Å²) < 4.78 is 5.11. The van der Waals surface area contributed by atoms with Crippen LogP contribution in [0.1, 0.15) is 6.42 Å². The van der Waals surface area contributed by atoms with Crippen LogP contribution in [0.5, 0.6) is 0 Å². The molecule has 2 rings (SSSR count). The van der Waals surface area contributed by atoms with E-state index in [1.807, 2.05) is 30.4 Å². The SMILES string of the molecule is COC1=C/C=C2/C=CC=C\C(=C/C=N\1)C2. The number of nitrogens with zero attached hydrogens (tertiary/aromatic N) is 1. The van der Waals surface area contributed by atoms with Gasteiger partial charge in [-0.1, -0.05) is 30.4 Å². The Morgan fingerprint density at radius 1 is 1.07 bits per heavy atom. The predicted octanol–water partition coefficient (Wildman–Crippen LogP) is 2.93. The molecule has 2 aliphatic rings. The van der Waals surface area contributed by atoms with Gasteiger partial charge in [0.2, 0.25) is 5.88 Å². The first kappa shape index (κ1) is 9.71. The van der Waals surface area contributed by atoms with E-state index in [0.29, 0.717) is 5.88 Å². The van der Waals surface area contributed by atoms with E-state index in [4.69, 9.17) is 4.74 Å². The lowest BCUT2D eigenvalue weighted by molar-refractivity contribution is 0.289. The highest BCUT2D eigenvalue weighted by Gasteiger charge is 2.01. The van der Waals surface area contributed by atoms with Crippen LogP contribution in [0.25, 0.3) is 0 Å². The molecule has 2 nitrogen and oxygen atoms in total. The second-order valence-electron chi connectivity index (χ2n) is 3.37. The Balaban J connectivity index is 2.39. The largest absolute Gasteiger partial charge is 0.481 e. The van der Waals surface area contributed by atoms with Crippen molar-refractivity contribution in [3.05, 3.63) is 59.6 Å². The molecule has 0 spiro atoms. The first-order valence-corrected chi connectivity index (χ1v) is 4.91. The Kier molecular flexibility index (Phi) is 2.98. The predicted molar refractivity (Wildman–Crippen MR) is 62.6 cm³/mol. The smallest absolute Gasteiger partial charge is 0.212 e. The van der Waals surface area contributed by atoms with E-state index < -0.39 is 0 Å². The Bertz CT molecular complexity index is 420. The van der Waals surface area contributed by atoms with E-state index in [2.05, 4.69) is 17.1 Å². The zero-order chi connectivity index (χ0) is 10.5. The van der Waals surface area contributed by atoms with Crippen LogP contribution >= 0.6 is 0 Å². The van der Waals surface area contributed by atoms with Gasteiger partial charge >= 0.3 is 0 Å². The van der Waals surface area contributed by atoms with E-state index in [1.165, 1.54) is 11.1 Å². The van der Waals surface area contributed by atoms with Gasteiger partial charge in [0.05, 0.1) is 7.11 Å². The molecule has 0 aromatic carbocycles. The van der Waals surface area contributed by atoms with Gasteiger partial charge in [-0.25, -0.2) is 4.99 Å². The van der Waals surface area contributed by atoms with Crippen LogP contribution in [-0.2, 0) is 4.74 Å². The van der Waals surface area contributed by atoms with Gasteiger partial charge in [-0.15, -0.1) is 0 Å². The van der Waals surface area contributed by atoms with Gasteiger partial charge < -0.3 is 4.74 Å². The molecule has 15 heavy (non-hydrogen) atoms. The van der Waals surface area contributed by atoms with Crippen LogP contribution in [0.3, 0.4) is 0 Å². The van der Waals surface area contributed by atoms with Crippen molar-refractivity contribution in [1.29, 1.82) is 0 Å². The number of ether oxygens (including phenoxy) is 1. The van der Waals surface area contributed by atoms with Gasteiger partial charge in [-0.05, 0) is 23.6 Å². The Hall–Kier alpha value is -1.83. The fourth-order valence-electron chi connectivity index (χ4n) is 1.49. The zero-order valence-electron chi connectivity index (χ0n) is 8.68. The van der Waals surface area contributed by atoms with Crippen molar-refractivity contribution in [3.63, 3.8) is 0 Å². The van der Waals surface area contributed by atoms with Crippen LogP contribution in [-0.4, -0.2) is 13.3 Å². The third-order valence-electron chi connectivity index (χ3n) is 2.28. The van der Waals surface area contributed by atoms with E-state index in [1.54, 1.807) is 13.3 Å². The monoisotopic (exact) mass is 199 g/mol. The summed E-state index contributed by atoms with van der Waals surface area (Å²) >= 11 is 0. The lowest BCUT2D eigenvalue weighted by atomic mass is 10.1. The van der Waals surface area contributed by atoms with Gasteiger partial charge in [0.15, 0.2) is 0 Å². The maximum atomic E-state index is 5.11. The van der Waals surface area contributed by atoms with Crippen molar-refractivity contribution in [2.45, 2.75) is 6.42 Å². The summed E-state index contributed by atoms with van der Waals surface area (Å²) in [5, 5.41) is 0. The topological polar surface area (TPSA) is 21.6 Å². The van der Waals surface area contributed by atoms with E-state index in [-0.39, 0.29) is 0 Å². The van der Waals surface area contributed by atoms with Crippen molar-refractivity contribution in [2.75, 3.05) is 7.11 Å². The summed E-state index contributed by atoms with van der Waals surface area (Å²) in [5.74, 6) is 0.628. The summed E-state index contributed by atoms with van der Waals surface area (Å²) in [7, 11) is 1.63. The average Bonchev–Trinajstić information content (AvgIpc) is 2.41. The summed E-state index contributed by atoms with van der Waals surface area (Å²) in [5.41, 5.74) is 2.51. The van der Waals surface area contributed by atoms with Crippen LogP contribution in [0, 0.1) is 0 Å². The maximum Gasteiger partial charge on any atom is 0.212 e. The molecular weight excluding hydrogens is 186 g/mol. The number of hydrogen-bond donors (Lipinski definition) is 0. The molecule has 0 unspecified atom stereocenters. The molecule has 1 aliphatic carbocycles. The molecule has 0 amide bonds. The standard InChI is InChI=1S/C13H13NO/c1-15-13-7-6-11-4-2-3-5-12(10-11)8-9-14-13/h2-9H,10H2,1H3/b7-6?,9-8?,11-6-,12-8+,13-7+,14-9-,14-13?. The lowest BCUT2D eigenvalue weighted by Crippen LogP contribution is -1.81. The van der Waals surface area contributed by atoms with E-state index in [9.17, 15) is 0 Å². The molecule has 0 radical (unpaired) electrons. The van der Waals surface area contributed by atoms with Crippen molar-refractivity contribution >= 4 is 6.21 Å². The van der Waals surface area contributed by atoms with Crippen LogP contribution in [0.2, 0.25) is 0 Å². The first-order chi connectivity index (χ1) is 7.38. The van der Waals surface area contributed by atoms with Crippen LogP contribution in [0.4, 0.5) is 0 Å². The minimum Gasteiger partial charge on any atom is -0.481 e. The summed E-state index contributed by atoms with van der Waals surface area (Å²) in [6, 6.07) is 0. The van der Waals surface area contributed by atoms with Crippen molar-refractivity contribution in [2.24, 2.45) is 4.99 Å². The van der Waals surface area contributed by atoms with Gasteiger partial charge in [-0.2, -0.15) is 0 Å². The number of fused-ring (bicyclic) bond motifs is 2. The Morgan fingerprint density at radius 2 is 1.80 bits per heavy atom. The third-order valence-corrected chi connectivity index (χ3v) is 2.28. The molecule has 1 aliphatic heterocycles. The van der Waals surface area contributed by atoms with Crippen molar-refractivity contribution in [3.8, 4) is 0 Å². The number of rotatable bonds is 1. The Labute approximate surface area is 89.7 Å². The summed E-state index contributed by atoms with van der Waals surface area (Å²) in [6.07, 6.45) is 16.9. The molecular formula is C13H13NO. The second kappa shape index (κ2) is 4.60. The number of aliphatic imine (C=N–C) groups is 1. The molecule has 0 aromatic rings. The van der Waals surface area contributed by atoms with Gasteiger partial charge in [0.25, 0.3) is 0 Å². The molecule has 0 saturated heterocycles. The average molecular weight is 199 g/mol. The quantitative estimate of drug-likeness (QED) is 0.636. The minimum absolute atomic E-state index is 0.628. The Morgan fingerprint density at radius 3 is 2.53 bits per heavy atom. The summed E-state index contributed by atoms with van der Waals surface area (Å²) in [4.78, 5) is 4.19. The normalized spacial score (nSPS) is 31.7. The molecule has 0 saturated carbocycles. The highest BCUT2D eigenvalue weighted by atomic mass is 16.5. The fraction of sp³-hybridized carbons (Fsp3) is 0.154. The van der Waals surface area contributed by atoms with Crippen LogP contribution < -0.4 is 0 Å². The van der Waals surface area contributed by atoms with E-state index >= 15 is 0 Å². The molecule has 0 fully saturated rings.